The van der Waals surface area contributed by atoms with Crippen LogP contribution >= 0.6 is 0 Å². The quantitative estimate of drug-likeness (QED) is 0.571. The van der Waals surface area contributed by atoms with Crippen LogP contribution in [0.5, 0.6) is 0 Å². The fourth-order valence-electron chi connectivity index (χ4n) is 4.20. The first kappa shape index (κ1) is 22.0. The lowest BCUT2D eigenvalue weighted by molar-refractivity contribution is 0.289. The molecule has 0 bridgehead atoms. The van der Waals surface area contributed by atoms with Gasteiger partial charge in [0.1, 0.15) is 5.82 Å². The van der Waals surface area contributed by atoms with E-state index in [0.29, 0.717) is 17.7 Å². The third-order valence-corrected chi connectivity index (χ3v) is 6.02. The average molecular weight is 412 g/mol. The Kier molecular flexibility index (Phi) is 6.61. The summed E-state index contributed by atoms with van der Waals surface area (Å²) in [4.78, 5) is 32.9. The Morgan fingerprint density at radius 2 is 1.63 bits per heavy atom. The van der Waals surface area contributed by atoms with E-state index in [0.717, 1.165) is 31.0 Å². The van der Waals surface area contributed by atoms with Crippen LogP contribution in [0, 0.1) is 5.92 Å². The molecule has 2 heterocycles. The number of aryl methyl sites for hydroxylation is 1. The van der Waals surface area contributed by atoms with Gasteiger partial charge in [-0.05, 0) is 24.6 Å². The van der Waals surface area contributed by atoms with Crippen LogP contribution in [0.2, 0.25) is 0 Å². The van der Waals surface area contributed by atoms with Gasteiger partial charge in [-0.15, -0.1) is 0 Å². The van der Waals surface area contributed by atoms with E-state index >= 15 is 0 Å². The third kappa shape index (κ3) is 3.86. The van der Waals surface area contributed by atoms with Crippen molar-refractivity contribution in [2.75, 3.05) is 19.6 Å². The lowest BCUT2D eigenvalue weighted by Crippen LogP contribution is -2.38. The van der Waals surface area contributed by atoms with E-state index in [-0.39, 0.29) is 23.1 Å². The Bertz CT molecular complexity index is 1120. The Morgan fingerprint density at radius 3 is 2.20 bits per heavy atom. The lowest BCUT2D eigenvalue weighted by atomic mass is 9.87. The van der Waals surface area contributed by atoms with Crippen LogP contribution in [0.25, 0.3) is 11.2 Å². The van der Waals surface area contributed by atoms with Gasteiger partial charge in [0.25, 0.3) is 5.56 Å². The summed E-state index contributed by atoms with van der Waals surface area (Å²) in [6.07, 6.45) is 0. The van der Waals surface area contributed by atoms with Gasteiger partial charge in [0.05, 0.1) is 0 Å². The maximum atomic E-state index is 13.1. The van der Waals surface area contributed by atoms with E-state index in [1.165, 1.54) is 16.2 Å². The molecule has 1 unspecified atom stereocenters. The summed E-state index contributed by atoms with van der Waals surface area (Å²) < 4.78 is 4.71. The molecule has 162 valence electrons. The number of aromatic nitrogens is 4. The summed E-state index contributed by atoms with van der Waals surface area (Å²) >= 11 is 0. The summed E-state index contributed by atoms with van der Waals surface area (Å²) in [5.74, 6) is 1.14. The highest BCUT2D eigenvalue weighted by Gasteiger charge is 2.27. The van der Waals surface area contributed by atoms with E-state index < -0.39 is 0 Å². The van der Waals surface area contributed by atoms with Gasteiger partial charge < -0.3 is 9.47 Å². The van der Waals surface area contributed by atoms with Gasteiger partial charge in [0.15, 0.2) is 11.2 Å². The number of fused-ring (bicyclic) bond motifs is 1. The highest BCUT2D eigenvalue weighted by atomic mass is 16.2. The van der Waals surface area contributed by atoms with Crippen molar-refractivity contribution in [2.24, 2.45) is 20.0 Å². The molecule has 7 nitrogen and oxygen atoms in total. The van der Waals surface area contributed by atoms with E-state index in [1.54, 1.807) is 7.05 Å². The number of likely N-dealkylation sites (N-methyl/N-ethyl adjacent to an activating group) is 1. The van der Waals surface area contributed by atoms with Gasteiger partial charge in [0, 0.05) is 33.1 Å². The summed E-state index contributed by atoms with van der Waals surface area (Å²) in [7, 11) is 3.21. The number of imidazole rings is 1. The summed E-state index contributed by atoms with van der Waals surface area (Å²) in [6, 6.07) is 10.3. The molecule has 0 aliphatic rings. The number of benzene rings is 1. The average Bonchev–Trinajstić information content (AvgIpc) is 3.11. The van der Waals surface area contributed by atoms with Gasteiger partial charge in [-0.1, -0.05) is 58.0 Å². The SMILES string of the molecule is CCN(CC)CCn1c(C(c2ccccc2)C(C)C)nc2c1c(=O)n(C)c(=O)n2C. The Morgan fingerprint density at radius 1 is 1.00 bits per heavy atom. The molecule has 0 aliphatic heterocycles. The zero-order valence-electron chi connectivity index (χ0n) is 18.9. The molecular formula is C23H33N5O2. The second-order valence-electron chi connectivity index (χ2n) is 8.16. The van der Waals surface area contributed by atoms with Gasteiger partial charge in [-0.3, -0.25) is 13.9 Å². The zero-order chi connectivity index (χ0) is 22.0. The van der Waals surface area contributed by atoms with Crippen molar-refractivity contribution >= 4 is 11.2 Å². The van der Waals surface area contributed by atoms with E-state index in [2.05, 4.69) is 44.7 Å². The van der Waals surface area contributed by atoms with Crippen molar-refractivity contribution in [3.8, 4) is 0 Å². The van der Waals surface area contributed by atoms with Crippen LogP contribution in [-0.4, -0.2) is 43.2 Å². The first-order valence-corrected chi connectivity index (χ1v) is 10.7. The van der Waals surface area contributed by atoms with E-state index in [1.807, 2.05) is 22.8 Å². The number of nitrogens with zero attached hydrogens (tertiary/aromatic N) is 5. The predicted molar refractivity (Wildman–Crippen MR) is 121 cm³/mol. The van der Waals surface area contributed by atoms with E-state index in [9.17, 15) is 9.59 Å². The predicted octanol–water partition coefficient (Wildman–Crippen LogP) is 2.56. The summed E-state index contributed by atoms with van der Waals surface area (Å²) in [5.41, 5.74) is 1.48. The number of rotatable bonds is 8. The van der Waals surface area contributed by atoms with Crippen molar-refractivity contribution in [3.05, 3.63) is 62.6 Å². The van der Waals surface area contributed by atoms with E-state index in [4.69, 9.17) is 4.98 Å². The molecule has 0 fully saturated rings. The standard InChI is InChI=1S/C23H33N5O2/c1-7-27(8-2)14-15-28-19-21(25(5)23(30)26(6)22(19)29)24-20(28)18(16(3)4)17-12-10-9-11-13-17/h9-13,16,18H,7-8,14-15H2,1-6H3. The summed E-state index contributed by atoms with van der Waals surface area (Å²) in [5, 5.41) is 0. The molecule has 0 aliphatic carbocycles. The molecule has 0 saturated heterocycles. The van der Waals surface area contributed by atoms with Crippen molar-refractivity contribution in [3.63, 3.8) is 0 Å². The molecule has 1 aromatic carbocycles. The first-order chi connectivity index (χ1) is 14.3. The Balaban J connectivity index is 2.30. The minimum Gasteiger partial charge on any atom is -0.320 e. The van der Waals surface area contributed by atoms with Crippen molar-refractivity contribution in [2.45, 2.75) is 40.2 Å². The molecule has 30 heavy (non-hydrogen) atoms. The molecule has 3 aromatic rings. The topological polar surface area (TPSA) is 65.1 Å². The smallest absolute Gasteiger partial charge is 0.320 e. The van der Waals surface area contributed by atoms with Crippen LogP contribution < -0.4 is 11.2 Å². The Hall–Kier alpha value is -2.67. The fourth-order valence-corrected chi connectivity index (χ4v) is 4.20. The van der Waals surface area contributed by atoms with Crippen molar-refractivity contribution < 1.29 is 0 Å². The van der Waals surface area contributed by atoms with Crippen molar-refractivity contribution in [1.29, 1.82) is 0 Å². The normalized spacial score (nSPS) is 12.9. The minimum atomic E-state index is -0.353. The molecule has 2 aromatic heterocycles. The number of hydrogen-bond acceptors (Lipinski definition) is 4. The van der Waals surface area contributed by atoms with Gasteiger partial charge in [-0.2, -0.15) is 0 Å². The van der Waals surface area contributed by atoms with Crippen LogP contribution in [0.15, 0.2) is 39.9 Å². The van der Waals surface area contributed by atoms with Crippen LogP contribution in [0.1, 0.15) is 45.0 Å². The maximum Gasteiger partial charge on any atom is 0.332 e. The molecule has 7 heteroatoms. The Labute approximate surface area is 177 Å². The largest absolute Gasteiger partial charge is 0.332 e. The van der Waals surface area contributed by atoms with Crippen LogP contribution in [0.3, 0.4) is 0 Å². The molecule has 0 amide bonds. The first-order valence-electron chi connectivity index (χ1n) is 10.7. The van der Waals surface area contributed by atoms with Crippen LogP contribution in [0.4, 0.5) is 0 Å². The molecule has 0 spiro atoms. The molecule has 3 rings (SSSR count). The molecule has 1 atom stereocenters. The third-order valence-electron chi connectivity index (χ3n) is 6.02. The highest BCUT2D eigenvalue weighted by molar-refractivity contribution is 5.71. The molecule has 0 radical (unpaired) electrons. The van der Waals surface area contributed by atoms with Crippen molar-refractivity contribution in [1.82, 2.24) is 23.6 Å². The second kappa shape index (κ2) is 9.00. The fraction of sp³-hybridized carbons (Fsp3) is 0.522. The number of hydrogen-bond donors (Lipinski definition) is 0. The molecular weight excluding hydrogens is 378 g/mol. The maximum absolute atomic E-state index is 13.1. The monoisotopic (exact) mass is 411 g/mol. The van der Waals surface area contributed by atoms with Crippen LogP contribution in [-0.2, 0) is 20.6 Å². The second-order valence-corrected chi connectivity index (χ2v) is 8.16. The highest BCUT2D eigenvalue weighted by Crippen LogP contribution is 2.32. The summed E-state index contributed by atoms with van der Waals surface area (Å²) in [6.45, 7) is 12.0. The van der Waals surface area contributed by atoms with Gasteiger partial charge in [-0.25, -0.2) is 9.78 Å². The molecule has 0 N–H and O–H groups in total. The minimum absolute atomic E-state index is 0.0233. The van der Waals surface area contributed by atoms with Gasteiger partial charge >= 0.3 is 5.69 Å². The molecule has 0 saturated carbocycles. The zero-order valence-corrected chi connectivity index (χ0v) is 18.9. The lowest BCUT2D eigenvalue weighted by Gasteiger charge is -2.24. The van der Waals surface area contributed by atoms with Gasteiger partial charge in [0.2, 0.25) is 0 Å².